The molecule has 78 valence electrons. The van der Waals surface area contributed by atoms with Crippen molar-refractivity contribution in [3.63, 3.8) is 0 Å². The molecule has 12 N–H and O–H groups in total. The predicted molar refractivity (Wildman–Crippen MR) is 38.5 cm³/mol. The second-order valence-corrected chi connectivity index (χ2v) is 0.864. The Hall–Kier alpha value is -1.22. The number of aliphatic carboxylic acids is 2. The van der Waals surface area contributed by atoms with Crippen LogP contribution in [0.1, 0.15) is 6.92 Å². The molecule has 0 aliphatic rings. The maximum atomic E-state index is 8.93. The van der Waals surface area contributed by atoms with Gasteiger partial charge in [0.15, 0.2) is 0 Å². The molecule has 0 aromatic rings. The first-order valence-electron chi connectivity index (χ1n) is 2.06. The normalized spacial score (nSPS) is 5.17. The summed E-state index contributed by atoms with van der Waals surface area (Å²) in [5.41, 5.74) is 0. The van der Waals surface area contributed by atoms with Gasteiger partial charge in [-0.1, -0.05) is 6.92 Å². The zero-order valence-electron chi connectivity index (χ0n) is 7.75. The monoisotopic (exact) mass is 187 g/mol. The van der Waals surface area contributed by atoms with Gasteiger partial charge in [0.2, 0.25) is 0 Å². The zero-order chi connectivity index (χ0) is 7.86. The quantitative estimate of drug-likeness (QED) is 0.336. The third-order valence-electron chi connectivity index (χ3n) is 0.167. The Morgan fingerprint density at radius 1 is 1.00 bits per heavy atom. The highest BCUT2D eigenvalue weighted by Gasteiger charge is 1.74. The van der Waals surface area contributed by atoms with E-state index in [2.05, 4.69) is 0 Å². The van der Waals surface area contributed by atoms with E-state index in [1.807, 2.05) is 0 Å². The van der Waals surface area contributed by atoms with Crippen LogP contribution in [0, 0.1) is 0 Å². The van der Waals surface area contributed by atoms with Gasteiger partial charge in [-0.15, -0.1) is 6.61 Å². The van der Waals surface area contributed by atoms with Gasteiger partial charge < -0.3 is 43.4 Å². The Morgan fingerprint density at radius 2 is 1.08 bits per heavy atom. The molecule has 0 aromatic carbocycles. The Balaban J connectivity index is -0.0000000246. The molecular formula is C4H17N3O5. The molecule has 0 heterocycles. The molecule has 0 saturated heterocycles. The molecule has 0 unspecified atom stereocenters. The van der Waals surface area contributed by atoms with Crippen molar-refractivity contribution in [1.82, 2.24) is 18.5 Å². The second kappa shape index (κ2) is 22.6. The summed E-state index contributed by atoms with van der Waals surface area (Å²) in [4.78, 5) is 17.9. The van der Waals surface area contributed by atoms with E-state index in [4.69, 9.17) is 24.9 Å². The number of carbonyl (C=O) groups excluding carboxylic acids is 2. The third-order valence-corrected chi connectivity index (χ3v) is 0.167. The number of rotatable bonds is 0. The molecule has 12 heavy (non-hydrogen) atoms. The van der Waals surface area contributed by atoms with Crippen LogP contribution in [0.3, 0.4) is 0 Å². The largest absolute Gasteiger partial charge is 0.855 e. The summed E-state index contributed by atoms with van der Waals surface area (Å²) in [6.07, 6.45) is 0. The molecule has 0 saturated carbocycles. The minimum absolute atomic E-state index is 0. The van der Waals surface area contributed by atoms with Crippen LogP contribution in [-0.4, -0.2) is 18.5 Å². The lowest BCUT2D eigenvalue weighted by Crippen LogP contribution is -2.42. The van der Waals surface area contributed by atoms with Crippen LogP contribution in [0.25, 0.3) is 0 Å². The van der Waals surface area contributed by atoms with Gasteiger partial charge in [0, 0.05) is 0 Å². The highest BCUT2D eigenvalue weighted by Crippen LogP contribution is 1.41. The SMILES string of the molecule is CC[O-].O=C([O-])C(=O)[O-].[NH4+].[NH4+].[NH4+]. The third kappa shape index (κ3) is 68.8. The van der Waals surface area contributed by atoms with E-state index in [0.717, 1.165) is 0 Å². The van der Waals surface area contributed by atoms with Crippen LogP contribution in [0.2, 0.25) is 0 Å². The minimum atomic E-state index is -2.19. The van der Waals surface area contributed by atoms with E-state index in [1.165, 1.54) is 0 Å². The average molecular weight is 187 g/mol. The first-order valence-corrected chi connectivity index (χ1v) is 2.06. The number of quaternary nitrogens is 3. The minimum Gasteiger partial charge on any atom is -0.855 e. The van der Waals surface area contributed by atoms with Crippen molar-refractivity contribution in [2.45, 2.75) is 6.92 Å². The Kier molecular flexibility index (Phi) is 58.0. The van der Waals surface area contributed by atoms with Crippen LogP contribution >= 0.6 is 0 Å². The molecule has 0 radical (unpaired) electrons. The van der Waals surface area contributed by atoms with Crippen LogP contribution in [0.4, 0.5) is 0 Å². The molecular weight excluding hydrogens is 170 g/mol. The van der Waals surface area contributed by atoms with E-state index in [0.29, 0.717) is 0 Å². The standard InChI is InChI=1S/C2H2O4.C2H5O.3H3N/c3-1(4)2(5)6;1-2-3;;;/h(H,3,4)(H,5,6);2H2,1H3;3*1H3/q;-1;;;/p+1. The second-order valence-electron chi connectivity index (χ2n) is 0.864. The fraction of sp³-hybridized carbons (Fsp3) is 0.500. The first-order chi connectivity index (χ1) is 4.06. The topological polar surface area (TPSA) is 213 Å². The van der Waals surface area contributed by atoms with Gasteiger partial charge in [-0.05, 0) is 0 Å². The smallest absolute Gasteiger partial charge is 0.0870 e. The molecule has 0 rings (SSSR count). The maximum absolute atomic E-state index is 8.93. The van der Waals surface area contributed by atoms with Gasteiger partial charge in [0.25, 0.3) is 0 Å². The van der Waals surface area contributed by atoms with E-state index in [-0.39, 0.29) is 25.1 Å². The van der Waals surface area contributed by atoms with Gasteiger partial charge in [-0.3, -0.25) is 0 Å². The van der Waals surface area contributed by atoms with Gasteiger partial charge in [0.05, 0.1) is 11.9 Å². The van der Waals surface area contributed by atoms with Crippen molar-refractivity contribution < 1.29 is 24.9 Å². The Bertz CT molecular complexity index is 94.9. The lowest BCUT2D eigenvalue weighted by atomic mass is 10.7. The van der Waals surface area contributed by atoms with Crippen molar-refractivity contribution in [2.24, 2.45) is 0 Å². The fourth-order valence-electron chi connectivity index (χ4n) is 0. The number of carboxylic acid groups (broad SMARTS) is 2. The number of carboxylic acids is 2. The summed E-state index contributed by atoms with van der Waals surface area (Å²) >= 11 is 0. The van der Waals surface area contributed by atoms with Crippen molar-refractivity contribution in [1.29, 1.82) is 0 Å². The number of hydrogen-bond acceptors (Lipinski definition) is 5. The van der Waals surface area contributed by atoms with Gasteiger partial charge in [0.1, 0.15) is 0 Å². The molecule has 0 spiro atoms. The molecule has 0 amide bonds. The number of carbonyl (C=O) groups is 2. The Labute approximate surface area is 70.0 Å². The van der Waals surface area contributed by atoms with Gasteiger partial charge in [-0.2, -0.15) is 0 Å². The van der Waals surface area contributed by atoms with Gasteiger partial charge >= 0.3 is 0 Å². The van der Waals surface area contributed by atoms with Gasteiger partial charge in [-0.25, -0.2) is 0 Å². The highest BCUT2D eigenvalue weighted by molar-refractivity contribution is 6.25. The number of hydrogen-bond donors (Lipinski definition) is 3. The molecule has 0 bridgehead atoms. The van der Waals surface area contributed by atoms with E-state index < -0.39 is 11.9 Å². The molecule has 0 aliphatic heterocycles. The molecule has 0 fully saturated rings. The summed E-state index contributed by atoms with van der Waals surface area (Å²) in [6.45, 7) is 1.57. The van der Waals surface area contributed by atoms with Crippen LogP contribution in [0.5, 0.6) is 0 Å². The maximum Gasteiger partial charge on any atom is 0.0870 e. The van der Waals surface area contributed by atoms with E-state index in [1.54, 1.807) is 6.92 Å². The molecule has 0 aliphatic carbocycles. The van der Waals surface area contributed by atoms with Crippen LogP contribution < -0.4 is 33.8 Å². The highest BCUT2D eigenvalue weighted by atomic mass is 16.4. The summed E-state index contributed by atoms with van der Waals surface area (Å²) < 4.78 is 0. The molecule has 8 heteroatoms. The van der Waals surface area contributed by atoms with E-state index >= 15 is 0 Å². The van der Waals surface area contributed by atoms with Crippen molar-refractivity contribution in [2.75, 3.05) is 6.61 Å². The van der Waals surface area contributed by atoms with E-state index in [9.17, 15) is 0 Å². The molecule has 0 aromatic heterocycles. The predicted octanol–water partition coefficient (Wildman–Crippen LogP) is -3.02. The summed E-state index contributed by atoms with van der Waals surface area (Å²) in [5, 5.41) is 26.8. The summed E-state index contributed by atoms with van der Waals surface area (Å²) in [6, 6.07) is 0. The molecule has 0 atom stereocenters. The zero-order valence-corrected chi connectivity index (χ0v) is 7.75. The average Bonchev–Trinajstić information content (AvgIpc) is 1.68. The van der Waals surface area contributed by atoms with Crippen molar-refractivity contribution >= 4 is 11.9 Å². The lowest BCUT2D eigenvalue weighted by Gasteiger charge is -1.97. The Morgan fingerprint density at radius 3 is 1.08 bits per heavy atom. The van der Waals surface area contributed by atoms with Crippen molar-refractivity contribution in [3.8, 4) is 0 Å². The van der Waals surface area contributed by atoms with Crippen LogP contribution in [-0.2, 0) is 9.59 Å². The lowest BCUT2D eigenvalue weighted by molar-refractivity contribution is -0.361. The molecule has 8 nitrogen and oxygen atoms in total. The fourth-order valence-corrected chi connectivity index (χ4v) is 0. The summed E-state index contributed by atoms with van der Waals surface area (Å²) in [5.74, 6) is -4.37. The van der Waals surface area contributed by atoms with Crippen molar-refractivity contribution in [3.05, 3.63) is 0 Å². The van der Waals surface area contributed by atoms with Crippen LogP contribution in [0.15, 0.2) is 0 Å². The first kappa shape index (κ1) is 30.9. The summed E-state index contributed by atoms with van der Waals surface area (Å²) in [7, 11) is 0.